The molecule has 2 rings (SSSR count). The summed E-state index contributed by atoms with van der Waals surface area (Å²) < 4.78 is 14.1. The molecule has 8 nitrogen and oxygen atoms in total. The molecule has 0 bridgehead atoms. The van der Waals surface area contributed by atoms with Crippen molar-refractivity contribution in [2.24, 2.45) is 0 Å². The van der Waals surface area contributed by atoms with Crippen molar-refractivity contribution in [3.05, 3.63) is 11.8 Å². The van der Waals surface area contributed by atoms with Gasteiger partial charge in [-0.25, -0.2) is 0 Å². The van der Waals surface area contributed by atoms with Crippen molar-refractivity contribution in [3.63, 3.8) is 0 Å². The fourth-order valence-corrected chi connectivity index (χ4v) is 2.27. The van der Waals surface area contributed by atoms with E-state index in [-0.39, 0.29) is 59.1 Å². The Morgan fingerprint density at radius 1 is 1.29 bits per heavy atom. The summed E-state index contributed by atoms with van der Waals surface area (Å²) in [6.45, 7) is 4.86. The Balaban J connectivity index is 0. The van der Waals surface area contributed by atoms with Crippen molar-refractivity contribution in [1.29, 1.82) is 0 Å². The third-order valence-electron chi connectivity index (χ3n) is 2.71. The van der Waals surface area contributed by atoms with Gasteiger partial charge in [0.05, 0.1) is 30.3 Å². The van der Waals surface area contributed by atoms with E-state index in [2.05, 4.69) is 33.7 Å². The van der Waals surface area contributed by atoms with Crippen LogP contribution in [0.25, 0.3) is 5.57 Å². The van der Waals surface area contributed by atoms with Crippen LogP contribution < -0.4 is 74.1 Å². The molecule has 1 aliphatic rings. The van der Waals surface area contributed by atoms with Crippen LogP contribution in [-0.4, -0.2) is 52.3 Å². The molecule has 0 unspecified atom stereocenters. The maximum absolute atomic E-state index is 8.93. The van der Waals surface area contributed by atoms with Crippen LogP contribution in [0, 0.1) is 0 Å². The molecule has 0 radical (unpaired) electrons. The number of hydrogen-bond donors (Lipinski definition) is 0. The standard InChI is InChI=1S/C11H17N3OS.C2H2O4.2Na/c1-3-7-15-11-10(12-16-13-11)9-5-4-6-14(2)8-9;3-1(4)2(5)6;;/h5H,3-4,6-8H2,1-2H3;(H,3,4)(H,5,6);;/q;;2*+1/p-2. The molecule has 11 heteroatoms. The first-order valence-electron chi connectivity index (χ1n) is 6.71. The number of likely N-dealkylation sites (N-methyl/N-ethyl adjacent to an activating group) is 1. The van der Waals surface area contributed by atoms with Crippen molar-refractivity contribution in [2.75, 3.05) is 26.7 Å². The predicted molar refractivity (Wildman–Crippen MR) is 75.8 cm³/mol. The Morgan fingerprint density at radius 3 is 2.42 bits per heavy atom. The first kappa shape index (κ1) is 26.2. The van der Waals surface area contributed by atoms with Crippen LogP contribution in [0.15, 0.2) is 6.08 Å². The molecular formula is C13H17N3Na2O5S. The van der Waals surface area contributed by atoms with E-state index in [1.165, 1.54) is 17.3 Å². The van der Waals surface area contributed by atoms with Crippen molar-refractivity contribution < 1.29 is 83.7 Å². The number of carboxylic acid groups (broad SMARTS) is 2. The van der Waals surface area contributed by atoms with Crippen LogP contribution >= 0.6 is 11.7 Å². The Labute approximate surface area is 189 Å². The Bertz CT molecular complexity index is 541. The molecule has 122 valence electrons. The van der Waals surface area contributed by atoms with Crippen LogP contribution in [0.5, 0.6) is 5.88 Å². The molecule has 1 aromatic rings. The zero-order valence-corrected chi connectivity index (χ0v) is 19.2. The predicted octanol–water partition coefficient (Wildman–Crippen LogP) is -7.46. The number of carboxylic acids is 2. The van der Waals surface area contributed by atoms with Gasteiger partial charge in [0.1, 0.15) is 5.69 Å². The molecule has 1 aliphatic heterocycles. The number of rotatable bonds is 4. The second-order valence-electron chi connectivity index (χ2n) is 4.60. The van der Waals surface area contributed by atoms with E-state index in [0.717, 1.165) is 31.6 Å². The number of aliphatic carboxylic acids is 2. The average Bonchev–Trinajstić information content (AvgIpc) is 2.94. The molecule has 0 saturated carbocycles. The smallest absolute Gasteiger partial charge is 0.543 e. The molecular weight excluding hydrogens is 356 g/mol. The topological polar surface area (TPSA) is 119 Å². The van der Waals surface area contributed by atoms with E-state index in [1.807, 2.05) is 0 Å². The van der Waals surface area contributed by atoms with Gasteiger partial charge >= 0.3 is 59.1 Å². The van der Waals surface area contributed by atoms with Crippen LogP contribution in [0.4, 0.5) is 0 Å². The van der Waals surface area contributed by atoms with E-state index in [0.29, 0.717) is 12.5 Å². The van der Waals surface area contributed by atoms with Crippen molar-refractivity contribution in [2.45, 2.75) is 19.8 Å². The summed E-state index contributed by atoms with van der Waals surface area (Å²) in [6.07, 6.45) is 4.32. The largest absolute Gasteiger partial charge is 1.00 e. The molecule has 0 spiro atoms. The fraction of sp³-hybridized carbons (Fsp3) is 0.538. The maximum atomic E-state index is 8.93. The SMILES string of the molecule is CCCOc1nsnc1C1=CCCN(C)C1.O=C([O-])C(=O)[O-].[Na+].[Na+]. The number of ether oxygens (including phenoxy) is 1. The molecule has 0 saturated heterocycles. The summed E-state index contributed by atoms with van der Waals surface area (Å²) in [5.41, 5.74) is 2.18. The average molecular weight is 373 g/mol. The van der Waals surface area contributed by atoms with Gasteiger partial charge in [-0.1, -0.05) is 13.0 Å². The summed E-state index contributed by atoms with van der Waals surface area (Å²) in [7, 11) is 2.12. The number of nitrogens with zero attached hydrogens (tertiary/aromatic N) is 3. The number of carbonyl (C=O) groups excluding carboxylic acids is 2. The van der Waals surface area contributed by atoms with Crippen LogP contribution in [0.2, 0.25) is 0 Å². The van der Waals surface area contributed by atoms with Gasteiger partial charge in [0.15, 0.2) is 0 Å². The summed E-state index contributed by atoms with van der Waals surface area (Å²) in [6, 6.07) is 0. The molecule has 2 heterocycles. The second-order valence-corrected chi connectivity index (χ2v) is 5.13. The minimum absolute atomic E-state index is 0. The molecule has 1 aromatic heterocycles. The second kappa shape index (κ2) is 14.2. The zero-order valence-electron chi connectivity index (χ0n) is 14.4. The van der Waals surface area contributed by atoms with Gasteiger partial charge in [0.2, 0.25) is 0 Å². The van der Waals surface area contributed by atoms with E-state index >= 15 is 0 Å². The van der Waals surface area contributed by atoms with Gasteiger partial charge in [-0.05, 0) is 25.5 Å². The summed E-state index contributed by atoms with van der Waals surface area (Å²) in [4.78, 5) is 20.1. The van der Waals surface area contributed by atoms with E-state index in [4.69, 9.17) is 24.5 Å². The van der Waals surface area contributed by atoms with E-state index in [1.54, 1.807) is 0 Å². The minimum Gasteiger partial charge on any atom is -0.543 e. The van der Waals surface area contributed by atoms with Gasteiger partial charge < -0.3 is 29.4 Å². The van der Waals surface area contributed by atoms with Crippen LogP contribution in [0.3, 0.4) is 0 Å². The number of aromatic nitrogens is 2. The Hall–Kier alpha value is 0. The molecule has 0 amide bonds. The molecule has 0 fully saturated rings. The monoisotopic (exact) mass is 373 g/mol. The normalized spacial score (nSPS) is 13.3. The summed E-state index contributed by atoms with van der Waals surface area (Å²) >= 11 is 1.23. The maximum Gasteiger partial charge on any atom is 1.00 e. The van der Waals surface area contributed by atoms with Crippen molar-refractivity contribution >= 4 is 29.2 Å². The van der Waals surface area contributed by atoms with Gasteiger partial charge in [-0.2, -0.15) is 4.37 Å². The van der Waals surface area contributed by atoms with E-state index in [9.17, 15) is 0 Å². The first-order chi connectivity index (χ1) is 10.5. The fourth-order valence-electron chi connectivity index (χ4n) is 1.74. The van der Waals surface area contributed by atoms with Gasteiger partial charge in [0.25, 0.3) is 5.88 Å². The Kier molecular flexibility index (Phi) is 15.5. The van der Waals surface area contributed by atoms with Gasteiger partial charge in [-0.15, -0.1) is 4.37 Å². The van der Waals surface area contributed by atoms with Gasteiger partial charge in [-0.3, -0.25) is 0 Å². The minimum atomic E-state index is -2.19. The van der Waals surface area contributed by atoms with Crippen molar-refractivity contribution in [1.82, 2.24) is 13.6 Å². The summed E-state index contributed by atoms with van der Waals surface area (Å²) in [5, 5.41) is 17.9. The third-order valence-corrected chi connectivity index (χ3v) is 3.23. The summed E-state index contributed by atoms with van der Waals surface area (Å²) in [5.74, 6) is -3.67. The van der Waals surface area contributed by atoms with Crippen LogP contribution in [0.1, 0.15) is 25.5 Å². The molecule has 0 aliphatic carbocycles. The number of carbonyl (C=O) groups is 2. The quantitative estimate of drug-likeness (QED) is 0.377. The third kappa shape index (κ3) is 9.47. The van der Waals surface area contributed by atoms with Crippen LogP contribution in [-0.2, 0) is 9.59 Å². The zero-order chi connectivity index (χ0) is 16.5. The number of hydrogen-bond acceptors (Lipinski definition) is 9. The van der Waals surface area contributed by atoms with E-state index < -0.39 is 11.9 Å². The Morgan fingerprint density at radius 2 is 1.92 bits per heavy atom. The molecule has 24 heavy (non-hydrogen) atoms. The van der Waals surface area contributed by atoms with Crippen molar-refractivity contribution in [3.8, 4) is 5.88 Å². The molecule has 0 aromatic carbocycles. The molecule has 0 atom stereocenters. The molecule has 0 N–H and O–H groups in total. The first-order valence-corrected chi connectivity index (χ1v) is 7.44. The van der Waals surface area contributed by atoms with Gasteiger partial charge in [0, 0.05) is 13.1 Å².